The summed E-state index contributed by atoms with van der Waals surface area (Å²) in [7, 11) is 0. The highest BCUT2D eigenvalue weighted by molar-refractivity contribution is 9.10. The van der Waals surface area contributed by atoms with Gasteiger partial charge in [-0.3, -0.25) is 4.79 Å². The van der Waals surface area contributed by atoms with Crippen molar-refractivity contribution < 1.29 is 9.53 Å². The van der Waals surface area contributed by atoms with E-state index in [0.717, 1.165) is 48.0 Å². The van der Waals surface area contributed by atoms with Crippen LogP contribution >= 0.6 is 15.9 Å². The van der Waals surface area contributed by atoms with Gasteiger partial charge in [0, 0.05) is 25.4 Å². The molecule has 6 rings (SSSR count). The molecule has 0 spiro atoms. The second-order valence-electron chi connectivity index (χ2n) is 9.50. The van der Waals surface area contributed by atoms with Crippen molar-refractivity contribution in [2.75, 3.05) is 13.1 Å². The summed E-state index contributed by atoms with van der Waals surface area (Å²) in [5, 5.41) is 0. The van der Waals surface area contributed by atoms with Crippen LogP contribution in [0.1, 0.15) is 57.8 Å². The standard InChI is InChI=1S/C21H28BrN3O2/c22-17-11-23-20(24-12-17)27-18-2-1-3-25(13-18)19(26)10-21-7-14-4-15(8-21)6-16(5-14)9-21/h11-12,14-16,18H,1-10,13H2. The fourth-order valence-electron chi connectivity index (χ4n) is 6.71. The molecule has 6 heteroatoms. The SMILES string of the molecule is O=C(CC12CC3CC(CC(C3)C1)C2)N1CCCC(Oc2ncc(Br)cn2)C1. The predicted molar refractivity (Wildman–Crippen MR) is 105 cm³/mol. The summed E-state index contributed by atoms with van der Waals surface area (Å²) in [6.45, 7) is 1.54. The third-order valence-corrected chi connectivity index (χ3v) is 7.70. The van der Waals surface area contributed by atoms with Gasteiger partial charge in [-0.25, -0.2) is 9.97 Å². The van der Waals surface area contributed by atoms with Gasteiger partial charge in [0.1, 0.15) is 6.10 Å². The van der Waals surface area contributed by atoms with Gasteiger partial charge in [0.15, 0.2) is 0 Å². The Kier molecular flexibility index (Phi) is 4.65. The van der Waals surface area contributed by atoms with Crippen molar-refractivity contribution in [3.8, 4) is 6.01 Å². The number of ether oxygens (including phenoxy) is 1. The Morgan fingerprint density at radius 3 is 2.41 bits per heavy atom. The van der Waals surface area contributed by atoms with Gasteiger partial charge in [-0.05, 0) is 90.5 Å². The first-order chi connectivity index (χ1) is 13.1. The van der Waals surface area contributed by atoms with Crippen molar-refractivity contribution in [3.63, 3.8) is 0 Å². The first-order valence-electron chi connectivity index (χ1n) is 10.5. The highest BCUT2D eigenvalue weighted by atomic mass is 79.9. The van der Waals surface area contributed by atoms with Gasteiger partial charge in [-0.1, -0.05) is 0 Å². The van der Waals surface area contributed by atoms with Gasteiger partial charge in [0.05, 0.1) is 11.0 Å². The molecule has 1 atom stereocenters. The number of piperidine rings is 1. The minimum atomic E-state index is 0.000221. The molecule has 1 unspecified atom stereocenters. The van der Waals surface area contributed by atoms with Crippen LogP contribution in [0.5, 0.6) is 6.01 Å². The van der Waals surface area contributed by atoms with E-state index in [2.05, 4.69) is 25.9 Å². The smallest absolute Gasteiger partial charge is 0.316 e. The van der Waals surface area contributed by atoms with Crippen molar-refractivity contribution in [2.45, 2.75) is 63.9 Å². The molecule has 5 nitrogen and oxygen atoms in total. The molecule has 1 aliphatic heterocycles. The average molecular weight is 434 g/mol. The molecule has 2 heterocycles. The van der Waals surface area contributed by atoms with E-state index in [9.17, 15) is 4.79 Å². The van der Waals surface area contributed by atoms with Crippen LogP contribution < -0.4 is 4.74 Å². The van der Waals surface area contributed by atoms with Gasteiger partial charge < -0.3 is 9.64 Å². The molecular weight excluding hydrogens is 406 g/mol. The molecule has 146 valence electrons. The number of likely N-dealkylation sites (tertiary alicyclic amines) is 1. The molecule has 0 N–H and O–H groups in total. The van der Waals surface area contributed by atoms with Gasteiger partial charge in [-0.2, -0.15) is 0 Å². The summed E-state index contributed by atoms with van der Waals surface area (Å²) in [6, 6.07) is 0.401. The number of carbonyl (C=O) groups is 1. The monoisotopic (exact) mass is 433 g/mol. The first kappa shape index (κ1) is 17.9. The van der Waals surface area contributed by atoms with Crippen molar-refractivity contribution in [1.82, 2.24) is 14.9 Å². The molecule has 4 saturated carbocycles. The molecular formula is C21H28BrN3O2. The predicted octanol–water partition coefficient (Wildman–Crippen LogP) is 4.22. The molecule has 1 aromatic rings. The molecule has 4 bridgehead atoms. The largest absolute Gasteiger partial charge is 0.458 e. The molecule has 5 aliphatic rings. The molecule has 1 amide bonds. The summed E-state index contributed by atoms with van der Waals surface area (Å²) in [5.41, 5.74) is 0.314. The second-order valence-corrected chi connectivity index (χ2v) is 10.4. The Hall–Kier alpha value is -1.17. The third-order valence-electron chi connectivity index (χ3n) is 7.29. The maximum absolute atomic E-state index is 13.2. The quantitative estimate of drug-likeness (QED) is 0.712. The number of hydrogen-bond donors (Lipinski definition) is 0. The number of amides is 1. The topological polar surface area (TPSA) is 55.3 Å². The lowest BCUT2D eigenvalue weighted by atomic mass is 9.49. The Labute approximate surface area is 169 Å². The maximum atomic E-state index is 13.2. The summed E-state index contributed by atoms with van der Waals surface area (Å²) in [5.74, 6) is 3.05. The minimum absolute atomic E-state index is 0.000221. The van der Waals surface area contributed by atoms with Crippen molar-refractivity contribution in [1.29, 1.82) is 0 Å². The second kappa shape index (κ2) is 7.02. The number of halogens is 1. The Morgan fingerprint density at radius 2 is 1.78 bits per heavy atom. The fourth-order valence-corrected chi connectivity index (χ4v) is 6.92. The van der Waals surface area contributed by atoms with Gasteiger partial charge in [-0.15, -0.1) is 0 Å². The molecule has 0 radical (unpaired) electrons. The van der Waals surface area contributed by atoms with Crippen LogP contribution in [0.15, 0.2) is 16.9 Å². The molecule has 1 saturated heterocycles. The van der Waals surface area contributed by atoms with Crippen LogP contribution in [0.2, 0.25) is 0 Å². The van der Waals surface area contributed by atoms with E-state index in [4.69, 9.17) is 4.74 Å². The number of nitrogens with zero attached hydrogens (tertiary/aromatic N) is 3. The van der Waals surface area contributed by atoms with Crippen LogP contribution in [0.3, 0.4) is 0 Å². The normalized spacial score (nSPS) is 37.4. The molecule has 5 fully saturated rings. The number of rotatable bonds is 4. The van der Waals surface area contributed by atoms with Gasteiger partial charge in [0.2, 0.25) is 5.91 Å². The van der Waals surface area contributed by atoms with Crippen LogP contribution in [0.4, 0.5) is 0 Å². The lowest BCUT2D eigenvalue weighted by molar-refractivity contribution is -0.142. The number of aromatic nitrogens is 2. The van der Waals surface area contributed by atoms with Crippen molar-refractivity contribution in [2.24, 2.45) is 23.2 Å². The van der Waals surface area contributed by atoms with E-state index in [1.807, 2.05) is 4.90 Å². The fraction of sp³-hybridized carbons (Fsp3) is 0.762. The highest BCUT2D eigenvalue weighted by Crippen LogP contribution is 2.61. The van der Waals surface area contributed by atoms with E-state index in [1.165, 1.54) is 38.5 Å². The summed E-state index contributed by atoms with van der Waals surface area (Å²) < 4.78 is 6.79. The highest BCUT2D eigenvalue weighted by Gasteiger charge is 2.51. The Balaban J connectivity index is 1.21. The Bertz CT molecular complexity index is 673. The zero-order chi connectivity index (χ0) is 18.4. The number of hydrogen-bond acceptors (Lipinski definition) is 4. The molecule has 1 aromatic heterocycles. The summed E-state index contributed by atoms with van der Waals surface area (Å²) >= 11 is 3.34. The van der Waals surface area contributed by atoms with E-state index in [0.29, 0.717) is 23.9 Å². The third kappa shape index (κ3) is 3.74. The van der Waals surface area contributed by atoms with Crippen LogP contribution in [0.25, 0.3) is 0 Å². The van der Waals surface area contributed by atoms with Crippen LogP contribution in [-0.2, 0) is 4.79 Å². The molecule has 27 heavy (non-hydrogen) atoms. The van der Waals surface area contributed by atoms with Gasteiger partial charge in [0.25, 0.3) is 0 Å². The molecule has 0 aromatic carbocycles. The minimum Gasteiger partial charge on any atom is -0.458 e. The van der Waals surface area contributed by atoms with E-state index in [1.54, 1.807) is 12.4 Å². The van der Waals surface area contributed by atoms with Crippen molar-refractivity contribution in [3.05, 3.63) is 16.9 Å². The summed E-state index contributed by atoms with van der Waals surface area (Å²) in [4.78, 5) is 23.6. The van der Waals surface area contributed by atoms with Crippen LogP contribution in [-0.4, -0.2) is 40.0 Å². The van der Waals surface area contributed by atoms with Gasteiger partial charge >= 0.3 is 6.01 Å². The Morgan fingerprint density at radius 1 is 1.15 bits per heavy atom. The number of carbonyl (C=O) groups excluding carboxylic acids is 1. The van der Waals surface area contributed by atoms with Crippen molar-refractivity contribution >= 4 is 21.8 Å². The first-order valence-corrected chi connectivity index (χ1v) is 11.3. The zero-order valence-electron chi connectivity index (χ0n) is 15.8. The lowest BCUT2D eigenvalue weighted by Crippen LogP contribution is -2.50. The molecule has 4 aliphatic carbocycles. The average Bonchev–Trinajstić information content (AvgIpc) is 2.62. The summed E-state index contributed by atoms with van der Waals surface area (Å²) in [6.07, 6.45) is 14.3. The van der Waals surface area contributed by atoms with E-state index >= 15 is 0 Å². The van der Waals surface area contributed by atoms with E-state index in [-0.39, 0.29) is 6.10 Å². The maximum Gasteiger partial charge on any atom is 0.316 e. The van der Waals surface area contributed by atoms with Crippen LogP contribution in [0, 0.1) is 23.2 Å². The zero-order valence-corrected chi connectivity index (χ0v) is 17.4. The lowest BCUT2D eigenvalue weighted by Gasteiger charge is -2.57. The van der Waals surface area contributed by atoms with E-state index < -0.39 is 0 Å².